The Morgan fingerprint density at radius 2 is 1.60 bits per heavy atom. The topological polar surface area (TPSA) is 86.8 Å². The molecule has 35 heavy (non-hydrogen) atoms. The predicted octanol–water partition coefficient (Wildman–Crippen LogP) is 5.66. The average molecular weight is 604 g/mol. The summed E-state index contributed by atoms with van der Waals surface area (Å²) in [5.74, 6) is -1.06. The first-order valence-corrected chi connectivity index (χ1v) is 14.1. The van der Waals surface area contributed by atoms with Gasteiger partial charge >= 0.3 is 0 Å². The lowest BCUT2D eigenvalue weighted by Gasteiger charge is -2.32. The van der Waals surface area contributed by atoms with Gasteiger partial charge in [-0.1, -0.05) is 71.0 Å². The first kappa shape index (κ1) is 29.8. The van der Waals surface area contributed by atoms with Gasteiger partial charge in [-0.3, -0.25) is 13.9 Å². The molecule has 1 N–H and O–H groups in total. The zero-order chi connectivity index (χ0) is 26.5. The Bertz CT molecular complexity index is 1210. The Labute approximate surface area is 230 Å². The minimum absolute atomic E-state index is 0.0151. The van der Waals surface area contributed by atoms with E-state index in [1.165, 1.54) is 23.1 Å². The second-order valence-electron chi connectivity index (χ2n) is 7.71. The van der Waals surface area contributed by atoms with Crippen LogP contribution in [0, 0.1) is 0 Å². The van der Waals surface area contributed by atoms with Gasteiger partial charge in [-0.2, -0.15) is 0 Å². The summed E-state index contributed by atoms with van der Waals surface area (Å²) in [6, 6.07) is 6.36. The van der Waals surface area contributed by atoms with E-state index in [-0.39, 0.29) is 27.3 Å². The minimum atomic E-state index is -3.99. The molecular formula is C22H24Cl5N3O4S. The van der Waals surface area contributed by atoms with E-state index < -0.39 is 34.4 Å². The standard InChI is InChI=1S/C22H24Cl5N3O4S/c1-4-7-28-22(32)13(2)29(11-14-5-6-15(23)8-16(14)24)21(31)12-30(35(3,33)34)20-10-18(26)17(25)9-19(20)27/h5-6,8-10,13H,4,7,11-12H2,1-3H3,(H,28,32)/t13-/m1/s1. The molecule has 2 aromatic rings. The Kier molecular flexibility index (Phi) is 10.8. The van der Waals surface area contributed by atoms with Crippen molar-refractivity contribution in [3.8, 4) is 0 Å². The van der Waals surface area contributed by atoms with Gasteiger partial charge in [0.1, 0.15) is 12.6 Å². The number of hydrogen-bond acceptors (Lipinski definition) is 4. The fourth-order valence-corrected chi connectivity index (χ4v) is 5.12. The third-order valence-electron chi connectivity index (χ3n) is 5.01. The van der Waals surface area contributed by atoms with E-state index in [2.05, 4.69) is 5.32 Å². The molecule has 0 aromatic heterocycles. The Balaban J connectivity index is 2.48. The highest BCUT2D eigenvalue weighted by Crippen LogP contribution is 2.35. The maximum absolute atomic E-state index is 13.5. The van der Waals surface area contributed by atoms with Crippen molar-refractivity contribution in [2.24, 2.45) is 0 Å². The number of benzene rings is 2. The maximum Gasteiger partial charge on any atom is 0.244 e. The van der Waals surface area contributed by atoms with Crippen LogP contribution in [0.25, 0.3) is 0 Å². The molecule has 0 aliphatic heterocycles. The van der Waals surface area contributed by atoms with Crippen LogP contribution in [0.5, 0.6) is 0 Å². The van der Waals surface area contributed by atoms with Gasteiger partial charge in [-0.05, 0) is 43.2 Å². The van der Waals surface area contributed by atoms with E-state index in [0.29, 0.717) is 28.6 Å². The first-order chi connectivity index (χ1) is 16.3. The molecule has 0 radical (unpaired) electrons. The highest BCUT2D eigenvalue weighted by atomic mass is 35.5. The number of rotatable bonds is 10. The van der Waals surface area contributed by atoms with Crippen LogP contribution in [-0.2, 0) is 26.2 Å². The van der Waals surface area contributed by atoms with Gasteiger partial charge in [0.05, 0.1) is 27.0 Å². The summed E-state index contributed by atoms with van der Waals surface area (Å²) in [6.07, 6.45) is 1.63. The number of halogens is 5. The molecule has 1 atom stereocenters. The van der Waals surface area contributed by atoms with Crippen LogP contribution in [0.15, 0.2) is 30.3 Å². The van der Waals surface area contributed by atoms with Crippen molar-refractivity contribution < 1.29 is 18.0 Å². The second-order valence-corrected chi connectivity index (χ2v) is 11.7. The van der Waals surface area contributed by atoms with Crippen LogP contribution in [0.4, 0.5) is 5.69 Å². The van der Waals surface area contributed by atoms with Crippen LogP contribution in [-0.4, -0.2) is 50.5 Å². The fraction of sp³-hybridized carbons (Fsp3) is 0.364. The highest BCUT2D eigenvalue weighted by molar-refractivity contribution is 7.92. The van der Waals surface area contributed by atoms with Crippen molar-refractivity contribution in [2.45, 2.75) is 32.9 Å². The van der Waals surface area contributed by atoms with E-state index >= 15 is 0 Å². The third-order valence-corrected chi connectivity index (χ3v) is 7.75. The number of amides is 2. The Morgan fingerprint density at radius 1 is 0.971 bits per heavy atom. The van der Waals surface area contributed by atoms with Crippen molar-refractivity contribution in [3.63, 3.8) is 0 Å². The maximum atomic E-state index is 13.5. The lowest BCUT2D eigenvalue weighted by molar-refractivity contribution is -0.139. The second kappa shape index (κ2) is 12.7. The van der Waals surface area contributed by atoms with E-state index in [1.807, 2.05) is 6.92 Å². The van der Waals surface area contributed by atoms with Gasteiger partial charge in [0.15, 0.2) is 0 Å². The lowest BCUT2D eigenvalue weighted by Crippen LogP contribution is -2.51. The van der Waals surface area contributed by atoms with Crippen molar-refractivity contribution in [2.75, 3.05) is 23.7 Å². The molecule has 13 heteroatoms. The van der Waals surface area contributed by atoms with Gasteiger partial charge in [-0.15, -0.1) is 0 Å². The van der Waals surface area contributed by atoms with E-state index in [4.69, 9.17) is 58.0 Å². The monoisotopic (exact) mass is 601 g/mol. The van der Waals surface area contributed by atoms with Crippen molar-refractivity contribution in [3.05, 3.63) is 61.0 Å². The third kappa shape index (κ3) is 8.03. The lowest BCUT2D eigenvalue weighted by atomic mass is 10.1. The van der Waals surface area contributed by atoms with Crippen LogP contribution < -0.4 is 9.62 Å². The molecule has 0 bridgehead atoms. The van der Waals surface area contributed by atoms with Gasteiger partial charge in [-0.25, -0.2) is 8.42 Å². The quantitative estimate of drug-likeness (QED) is 0.355. The SMILES string of the molecule is CCCNC(=O)[C@@H](C)N(Cc1ccc(Cl)cc1Cl)C(=O)CN(c1cc(Cl)c(Cl)cc1Cl)S(C)(=O)=O. The van der Waals surface area contributed by atoms with Gasteiger partial charge in [0, 0.05) is 23.1 Å². The Hall–Kier alpha value is -1.42. The number of anilines is 1. The molecule has 0 saturated heterocycles. The molecule has 0 fully saturated rings. The first-order valence-electron chi connectivity index (χ1n) is 10.4. The molecule has 0 aliphatic rings. The molecule has 0 aliphatic carbocycles. The number of carbonyl (C=O) groups excluding carboxylic acids is 2. The largest absolute Gasteiger partial charge is 0.354 e. The van der Waals surface area contributed by atoms with Gasteiger partial charge in [0.25, 0.3) is 0 Å². The van der Waals surface area contributed by atoms with E-state index in [1.54, 1.807) is 19.1 Å². The van der Waals surface area contributed by atoms with Crippen LogP contribution in [0.2, 0.25) is 25.1 Å². The van der Waals surface area contributed by atoms with E-state index in [9.17, 15) is 18.0 Å². The normalized spacial score (nSPS) is 12.2. The summed E-state index contributed by atoms with van der Waals surface area (Å²) in [6.45, 7) is 3.15. The molecule has 0 spiro atoms. The molecule has 0 saturated carbocycles. The van der Waals surface area contributed by atoms with Crippen LogP contribution in [0.3, 0.4) is 0 Å². The number of sulfonamides is 1. The number of nitrogens with one attached hydrogen (secondary N) is 1. The van der Waals surface area contributed by atoms with Gasteiger partial charge in [0.2, 0.25) is 21.8 Å². The summed E-state index contributed by atoms with van der Waals surface area (Å²) < 4.78 is 26.1. The minimum Gasteiger partial charge on any atom is -0.354 e. The summed E-state index contributed by atoms with van der Waals surface area (Å²) in [4.78, 5) is 27.5. The van der Waals surface area contributed by atoms with Crippen molar-refractivity contribution in [1.82, 2.24) is 10.2 Å². The number of nitrogens with zero attached hydrogens (tertiary/aromatic N) is 2. The van der Waals surface area contributed by atoms with Crippen molar-refractivity contribution in [1.29, 1.82) is 0 Å². The molecule has 192 valence electrons. The molecular weight excluding hydrogens is 580 g/mol. The van der Waals surface area contributed by atoms with Crippen LogP contribution >= 0.6 is 58.0 Å². The van der Waals surface area contributed by atoms with Crippen molar-refractivity contribution >= 4 is 85.5 Å². The van der Waals surface area contributed by atoms with Gasteiger partial charge < -0.3 is 10.2 Å². The van der Waals surface area contributed by atoms with E-state index in [0.717, 1.165) is 10.6 Å². The molecule has 0 unspecified atom stereocenters. The highest BCUT2D eigenvalue weighted by Gasteiger charge is 2.31. The smallest absolute Gasteiger partial charge is 0.244 e. The fourth-order valence-electron chi connectivity index (χ4n) is 3.11. The average Bonchev–Trinajstić information content (AvgIpc) is 2.76. The zero-order valence-electron chi connectivity index (χ0n) is 19.1. The summed E-state index contributed by atoms with van der Waals surface area (Å²) in [5.41, 5.74) is 0.502. The Morgan fingerprint density at radius 3 is 2.17 bits per heavy atom. The van der Waals surface area contributed by atoms with Crippen LogP contribution in [0.1, 0.15) is 25.8 Å². The summed E-state index contributed by atoms with van der Waals surface area (Å²) >= 11 is 30.5. The number of hydrogen-bond donors (Lipinski definition) is 1. The zero-order valence-corrected chi connectivity index (χ0v) is 23.7. The molecule has 7 nitrogen and oxygen atoms in total. The number of carbonyl (C=O) groups is 2. The predicted molar refractivity (Wildman–Crippen MR) is 143 cm³/mol. The molecule has 2 amide bonds. The molecule has 0 heterocycles. The molecule has 2 aromatic carbocycles. The molecule has 2 rings (SSSR count). The summed E-state index contributed by atoms with van der Waals surface area (Å²) in [7, 11) is -3.99. The summed E-state index contributed by atoms with van der Waals surface area (Å²) in [5, 5.41) is 3.61.